The molecular formula is C24H34IN5O. The highest BCUT2D eigenvalue weighted by Crippen LogP contribution is 2.30. The lowest BCUT2D eigenvalue weighted by Crippen LogP contribution is -2.36. The number of benzene rings is 1. The molecule has 4 rings (SSSR count). The van der Waals surface area contributed by atoms with Gasteiger partial charge in [-0.15, -0.1) is 24.0 Å². The molecule has 2 aliphatic rings. The van der Waals surface area contributed by atoms with Crippen LogP contribution in [0.1, 0.15) is 42.4 Å². The van der Waals surface area contributed by atoms with Gasteiger partial charge in [0.1, 0.15) is 11.6 Å². The zero-order chi connectivity index (χ0) is 20.8. The first-order chi connectivity index (χ1) is 14.7. The van der Waals surface area contributed by atoms with Crippen molar-refractivity contribution in [3.63, 3.8) is 0 Å². The van der Waals surface area contributed by atoms with Crippen LogP contribution in [-0.4, -0.2) is 37.7 Å². The van der Waals surface area contributed by atoms with Crippen molar-refractivity contribution in [3.05, 3.63) is 53.2 Å². The van der Waals surface area contributed by atoms with E-state index in [-0.39, 0.29) is 24.0 Å². The van der Waals surface area contributed by atoms with E-state index in [0.29, 0.717) is 13.1 Å². The van der Waals surface area contributed by atoms with Crippen molar-refractivity contribution >= 4 is 35.8 Å². The van der Waals surface area contributed by atoms with Crippen molar-refractivity contribution in [2.24, 2.45) is 10.9 Å². The van der Waals surface area contributed by atoms with Gasteiger partial charge in [0.25, 0.3) is 0 Å². The maximum absolute atomic E-state index is 6.08. The molecule has 0 unspecified atom stereocenters. The van der Waals surface area contributed by atoms with Gasteiger partial charge in [-0.05, 0) is 61.8 Å². The van der Waals surface area contributed by atoms with Gasteiger partial charge in [-0.1, -0.05) is 18.2 Å². The molecule has 2 fully saturated rings. The molecule has 31 heavy (non-hydrogen) atoms. The lowest BCUT2D eigenvalue weighted by atomic mass is 10.1. The van der Waals surface area contributed by atoms with Crippen LogP contribution in [0.4, 0.5) is 5.82 Å². The molecule has 1 saturated heterocycles. The first kappa shape index (κ1) is 23.6. The minimum Gasteiger partial charge on any atom is -0.493 e. The van der Waals surface area contributed by atoms with E-state index in [2.05, 4.69) is 62.8 Å². The monoisotopic (exact) mass is 535 g/mol. The number of pyridine rings is 1. The SMILES string of the molecule is CN=C(NCc1ccc(N2CCCC2)nc1)NCc1ccc(C)cc1OCC1CC1.I. The second kappa shape index (κ2) is 11.5. The van der Waals surface area contributed by atoms with Gasteiger partial charge < -0.3 is 20.3 Å². The summed E-state index contributed by atoms with van der Waals surface area (Å²) in [6, 6.07) is 10.7. The summed E-state index contributed by atoms with van der Waals surface area (Å²) < 4.78 is 6.08. The molecule has 1 saturated carbocycles. The summed E-state index contributed by atoms with van der Waals surface area (Å²) in [6.07, 6.45) is 7.08. The summed E-state index contributed by atoms with van der Waals surface area (Å²) in [7, 11) is 1.80. The quantitative estimate of drug-likeness (QED) is 0.301. The van der Waals surface area contributed by atoms with Crippen LogP contribution in [0.3, 0.4) is 0 Å². The van der Waals surface area contributed by atoms with Crippen LogP contribution < -0.4 is 20.3 Å². The number of ether oxygens (including phenoxy) is 1. The predicted octanol–water partition coefficient (Wildman–Crippen LogP) is 4.26. The minimum atomic E-state index is 0. The van der Waals surface area contributed by atoms with E-state index in [4.69, 9.17) is 4.74 Å². The van der Waals surface area contributed by atoms with Crippen molar-refractivity contribution in [1.82, 2.24) is 15.6 Å². The molecule has 7 heteroatoms. The summed E-state index contributed by atoms with van der Waals surface area (Å²) in [5.74, 6) is 3.57. The number of nitrogens with zero attached hydrogens (tertiary/aromatic N) is 3. The van der Waals surface area contributed by atoms with Crippen molar-refractivity contribution in [2.75, 3.05) is 31.6 Å². The van der Waals surface area contributed by atoms with Gasteiger partial charge >= 0.3 is 0 Å². The van der Waals surface area contributed by atoms with Crippen LogP contribution in [0.25, 0.3) is 0 Å². The molecule has 6 nitrogen and oxygen atoms in total. The standard InChI is InChI=1S/C24H33N5O.HI/c1-18-5-9-21(22(13-18)30-17-19-6-7-19)16-28-24(25-2)27-15-20-8-10-23(26-14-20)29-11-3-4-12-29;/h5,8-10,13-14,19H,3-4,6-7,11-12,15-17H2,1-2H3,(H2,25,27,28);1H. The summed E-state index contributed by atoms with van der Waals surface area (Å²) in [5, 5.41) is 6.79. The van der Waals surface area contributed by atoms with Crippen LogP contribution in [0.2, 0.25) is 0 Å². The van der Waals surface area contributed by atoms with E-state index >= 15 is 0 Å². The lowest BCUT2D eigenvalue weighted by Gasteiger charge is -2.17. The maximum Gasteiger partial charge on any atom is 0.191 e. The zero-order valence-corrected chi connectivity index (χ0v) is 20.9. The Morgan fingerprint density at radius 2 is 1.90 bits per heavy atom. The van der Waals surface area contributed by atoms with Crippen LogP contribution in [-0.2, 0) is 13.1 Å². The third-order valence-corrected chi connectivity index (χ3v) is 5.76. The fourth-order valence-electron chi connectivity index (χ4n) is 3.67. The van der Waals surface area contributed by atoms with Crippen molar-refractivity contribution in [2.45, 2.75) is 45.7 Å². The predicted molar refractivity (Wildman–Crippen MR) is 138 cm³/mol. The molecular weight excluding hydrogens is 501 g/mol. The van der Waals surface area contributed by atoms with Gasteiger partial charge in [0.05, 0.1) is 6.61 Å². The highest BCUT2D eigenvalue weighted by Gasteiger charge is 2.22. The van der Waals surface area contributed by atoms with Gasteiger partial charge in [0.2, 0.25) is 0 Å². The minimum absolute atomic E-state index is 0. The van der Waals surface area contributed by atoms with Crippen LogP contribution in [0.5, 0.6) is 5.75 Å². The topological polar surface area (TPSA) is 61.8 Å². The first-order valence-electron chi connectivity index (χ1n) is 11.1. The Morgan fingerprint density at radius 3 is 2.58 bits per heavy atom. The molecule has 1 aliphatic carbocycles. The molecule has 0 bridgehead atoms. The molecule has 2 aromatic rings. The molecule has 2 heterocycles. The largest absolute Gasteiger partial charge is 0.493 e. The fourth-order valence-corrected chi connectivity index (χ4v) is 3.67. The molecule has 1 aromatic carbocycles. The Balaban J connectivity index is 0.00000272. The van der Waals surface area contributed by atoms with Gasteiger partial charge in [-0.3, -0.25) is 4.99 Å². The number of halogens is 1. The summed E-state index contributed by atoms with van der Waals surface area (Å²) in [6.45, 7) is 6.52. The first-order valence-corrected chi connectivity index (χ1v) is 11.1. The maximum atomic E-state index is 6.08. The van der Waals surface area contributed by atoms with Crippen LogP contribution >= 0.6 is 24.0 Å². The Morgan fingerprint density at radius 1 is 1.13 bits per heavy atom. The number of aliphatic imine (C=N–C) groups is 1. The van der Waals surface area contributed by atoms with E-state index in [0.717, 1.165) is 54.3 Å². The number of hydrogen-bond acceptors (Lipinski definition) is 4. The third-order valence-electron chi connectivity index (χ3n) is 5.76. The number of aryl methyl sites for hydroxylation is 1. The van der Waals surface area contributed by atoms with Gasteiger partial charge in [-0.2, -0.15) is 0 Å². The molecule has 1 aliphatic heterocycles. The second-order valence-corrected chi connectivity index (χ2v) is 8.36. The molecule has 0 amide bonds. The Hall–Kier alpha value is -2.03. The van der Waals surface area contributed by atoms with Gasteiger partial charge in [-0.25, -0.2) is 4.98 Å². The third kappa shape index (κ3) is 6.98. The Kier molecular flexibility index (Phi) is 8.80. The van der Waals surface area contributed by atoms with E-state index in [1.807, 2.05) is 6.20 Å². The smallest absolute Gasteiger partial charge is 0.191 e. The molecule has 2 N–H and O–H groups in total. The second-order valence-electron chi connectivity index (χ2n) is 8.36. The lowest BCUT2D eigenvalue weighted by molar-refractivity contribution is 0.296. The molecule has 1 aromatic heterocycles. The average molecular weight is 535 g/mol. The van der Waals surface area contributed by atoms with Crippen LogP contribution in [0.15, 0.2) is 41.5 Å². The van der Waals surface area contributed by atoms with Crippen molar-refractivity contribution in [1.29, 1.82) is 0 Å². The molecule has 168 valence electrons. The fraction of sp³-hybridized carbons (Fsp3) is 0.500. The average Bonchev–Trinajstić information content (AvgIpc) is 3.44. The Labute approximate surface area is 202 Å². The summed E-state index contributed by atoms with van der Waals surface area (Å²) >= 11 is 0. The number of rotatable bonds is 8. The number of guanidine groups is 1. The number of hydrogen-bond donors (Lipinski definition) is 2. The van der Waals surface area contributed by atoms with Crippen molar-refractivity contribution < 1.29 is 4.74 Å². The number of nitrogens with one attached hydrogen (secondary N) is 2. The van der Waals surface area contributed by atoms with Crippen molar-refractivity contribution in [3.8, 4) is 5.75 Å². The van der Waals surface area contributed by atoms with E-state index < -0.39 is 0 Å². The normalized spacial score (nSPS) is 16.1. The van der Waals surface area contributed by atoms with Crippen LogP contribution in [0, 0.1) is 12.8 Å². The van der Waals surface area contributed by atoms with Gasteiger partial charge in [0.15, 0.2) is 5.96 Å². The number of aromatic nitrogens is 1. The van der Waals surface area contributed by atoms with E-state index in [1.165, 1.54) is 31.2 Å². The molecule has 0 radical (unpaired) electrons. The summed E-state index contributed by atoms with van der Waals surface area (Å²) in [5.41, 5.74) is 3.52. The highest BCUT2D eigenvalue weighted by molar-refractivity contribution is 14.0. The highest BCUT2D eigenvalue weighted by atomic mass is 127. The molecule has 0 atom stereocenters. The summed E-state index contributed by atoms with van der Waals surface area (Å²) in [4.78, 5) is 11.3. The Bertz CT molecular complexity index is 861. The van der Waals surface area contributed by atoms with Gasteiger partial charge in [0, 0.05) is 45.0 Å². The zero-order valence-electron chi connectivity index (χ0n) is 18.6. The number of anilines is 1. The molecule has 0 spiro atoms. The van der Waals surface area contributed by atoms with E-state index in [1.54, 1.807) is 7.05 Å². The van der Waals surface area contributed by atoms with E-state index in [9.17, 15) is 0 Å².